The largest absolute Gasteiger partial charge is 0.494 e. The highest BCUT2D eigenvalue weighted by molar-refractivity contribution is 7.88. The molecule has 11 nitrogen and oxygen atoms in total. The van der Waals surface area contributed by atoms with Crippen molar-refractivity contribution in [3.05, 3.63) is 61.1 Å². The van der Waals surface area contributed by atoms with Crippen molar-refractivity contribution in [2.24, 2.45) is 5.11 Å². The van der Waals surface area contributed by atoms with Crippen molar-refractivity contribution in [1.82, 2.24) is 8.87 Å². The normalized spacial score (nSPS) is 17.8. The Morgan fingerprint density at radius 2 is 2.08 bits per heavy atom. The minimum absolute atomic E-state index is 0.0132. The standard InChI is InChI=1S/C24H25N5O6S2/c1-4-35-24(31)17-11-29(14-5-6-14)20-16(21(17)30)8-7-15(22(20)34-2)19-9-13-10-28(37(3,32)33)12-18(26-27-25)23(13)36-19/h7-9,11,14,18H,4-6,10,12H2,1-3H3. The number of pyridine rings is 1. The molecule has 3 aromatic rings. The van der Waals surface area contributed by atoms with Crippen molar-refractivity contribution in [3.8, 4) is 16.2 Å². The minimum Gasteiger partial charge on any atom is -0.494 e. The molecule has 0 bridgehead atoms. The summed E-state index contributed by atoms with van der Waals surface area (Å²) < 4.78 is 38.7. The lowest BCUT2D eigenvalue weighted by atomic mass is 10.0. The number of rotatable bonds is 7. The first-order valence-electron chi connectivity index (χ1n) is 11.7. The van der Waals surface area contributed by atoms with Crippen LogP contribution in [0.4, 0.5) is 0 Å². The monoisotopic (exact) mass is 543 g/mol. The lowest BCUT2D eigenvalue weighted by molar-refractivity contribution is 0.0524. The van der Waals surface area contributed by atoms with Crippen molar-refractivity contribution in [3.63, 3.8) is 0 Å². The second kappa shape index (κ2) is 9.49. The SMILES string of the molecule is CCOC(=O)c1cn(C2CC2)c2c(OC)c(-c3cc4c(s3)C(N=[N+]=[N-])CN(S(C)(=O)=O)C4)ccc2c1=O. The van der Waals surface area contributed by atoms with E-state index in [4.69, 9.17) is 15.0 Å². The number of fused-ring (bicyclic) bond motifs is 2. The van der Waals surface area contributed by atoms with Crippen molar-refractivity contribution in [1.29, 1.82) is 0 Å². The van der Waals surface area contributed by atoms with Crippen LogP contribution in [0.25, 0.3) is 31.8 Å². The number of azide groups is 1. The van der Waals surface area contributed by atoms with Gasteiger partial charge in [-0.05, 0) is 49.1 Å². The molecule has 1 fully saturated rings. The molecule has 0 radical (unpaired) electrons. The average molecular weight is 544 g/mol. The molecular formula is C24H25N5O6S2. The fraction of sp³-hybridized carbons (Fsp3) is 0.417. The summed E-state index contributed by atoms with van der Waals surface area (Å²) in [6.45, 7) is 2.10. The van der Waals surface area contributed by atoms with Gasteiger partial charge in [-0.1, -0.05) is 5.11 Å². The lowest BCUT2D eigenvalue weighted by Crippen LogP contribution is -2.36. The molecule has 0 spiro atoms. The molecule has 1 aromatic carbocycles. The highest BCUT2D eigenvalue weighted by Crippen LogP contribution is 2.46. The fourth-order valence-corrected chi connectivity index (χ4v) is 6.74. The second-order valence-corrected chi connectivity index (χ2v) is 12.1. The first kappa shape index (κ1) is 25.3. The zero-order valence-electron chi connectivity index (χ0n) is 20.5. The fourth-order valence-electron chi connectivity index (χ4n) is 4.73. The third kappa shape index (κ3) is 4.48. The predicted octanol–water partition coefficient (Wildman–Crippen LogP) is 4.38. The van der Waals surface area contributed by atoms with Crippen LogP contribution in [-0.2, 0) is 21.3 Å². The van der Waals surface area contributed by atoms with E-state index in [0.29, 0.717) is 16.7 Å². The number of benzene rings is 1. The summed E-state index contributed by atoms with van der Waals surface area (Å²) in [5, 5.41) is 4.21. The van der Waals surface area contributed by atoms with E-state index in [1.54, 1.807) is 25.3 Å². The van der Waals surface area contributed by atoms with Gasteiger partial charge in [-0.2, -0.15) is 4.31 Å². The molecule has 2 aromatic heterocycles. The van der Waals surface area contributed by atoms with Gasteiger partial charge in [-0.25, -0.2) is 13.2 Å². The number of methoxy groups -OCH3 is 1. The van der Waals surface area contributed by atoms with E-state index >= 15 is 0 Å². The van der Waals surface area contributed by atoms with E-state index < -0.39 is 27.5 Å². The van der Waals surface area contributed by atoms with Crippen molar-refractivity contribution < 1.29 is 22.7 Å². The summed E-state index contributed by atoms with van der Waals surface area (Å²) in [4.78, 5) is 30.3. The van der Waals surface area contributed by atoms with Crippen molar-refractivity contribution >= 4 is 38.2 Å². The summed E-state index contributed by atoms with van der Waals surface area (Å²) in [7, 11) is -1.96. The molecule has 1 unspecified atom stereocenters. The molecule has 3 heterocycles. The van der Waals surface area contributed by atoms with E-state index in [9.17, 15) is 18.0 Å². The summed E-state index contributed by atoms with van der Waals surface area (Å²) in [6.07, 6.45) is 4.52. The van der Waals surface area contributed by atoms with Crippen LogP contribution in [0.3, 0.4) is 0 Å². The summed E-state index contributed by atoms with van der Waals surface area (Å²) >= 11 is 1.41. The van der Waals surface area contributed by atoms with Crippen LogP contribution >= 0.6 is 11.3 Å². The van der Waals surface area contributed by atoms with Crippen LogP contribution in [0.2, 0.25) is 0 Å². The van der Waals surface area contributed by atoms with Crippen LogP contribution in [-0.4, -0.2) is 49.8 Å². The van der Waals surface area contributed by atoms with Gasteiger partial charge in [0.05, 0.1) is 36.9 Å². The Bertz CT molecular complexity index is 1630. The summed E-state index contributed by atoms with van der Waals surface area (Å²) in [5.41, 5.74) is 10.7. The molecule has 13 heteroatoms. The minimum atomic E-state index is -3.49. The van der Waals surface area contributed by atoms with Gasteiger partial charge in [0.15, 0.2) is 5.75 Å². The van der Waals surface area contributed by atoms with Gasteiger partial charge in [0.2, 0.25) is 15.5 Å². The Labute approximate surface area is 216 Å². The van der Waals surface area contributed by atoms with Crippen LogP contribution in [0, 0.1) is 0 Å². The topological polar surface area (TPSA) is 144 Å². The van der Waals surface area contributed by atoms with Crippen LogP contribution in [0.15, 0.2) is 34.3 Å². The number of nitrogens with zero attached hydrogens (tertiary/aromatic N) is 5. The van der Waals surface area contributed by atoms with Crippen LogP contribution in [0.1, 0.15) is 52.6 Å². The first-order chi connectivity index (χ1) is 17.7. The smallest absolute Gasteiger partial charge is 0.343 e. The maximum Gasteiger partial charge on any atom is 0.343 e. The number of carbonyl (C=O) groups is 1. The molecule has 1 saturated carbocycles. The molecule has 0 saturated heterocycles. The maximum absolute atomic E-state index is 13.3. The average Bonchev–Trinajstić information content (AvgIpc) is 3.61. The maximum atomic E-state index is 13.3. The van der Waals surface area contributed by atoms with Gasteiger partial charge in [0, 0.05) is 45.6 Å². The molecule has 2 aliphatic rings. The highest BCUT2D eigenvalue weighted by Gasteiger charge is 2.33. The molecular weight excluding hydrogens is 518 g/mol. The number of hydrogen-bond donors (Lipinski definition) is 0. The van der Waals surface area contributed by atoms with Crippen molar-refractivity contribution in [2.45, 2.75) is 38.4 Å². The molecule has 1 aliphatic carbocycles. The number of hydrogen-bond acceptors (Lipinski definition) is 8. The number of sulfonamides is 1. The lowest BCUT2D eigenvalue weighted by Gasteiger charge is -2.28. The van der Waals surface area contributed by atoms with E-state index in [0.717, 1.165) is 40.0 Å². The Balaban J connectivity index is 1.70. The van der Waals surface area contributed by atoms with Crippen molar-refractivity contribution in [2.75, 3.05) is 26.5 Å². The molecule has 1 atom stereocenters. The van der Waals surface area contributed by atoms with E-state index in [1.807, 2.05) is 10.6 Å². The second-order valence-electron chi connectivity index (χ2n) is 9.05. The third-order valence-corrected chi connectivity index (χ3v) is 9.11. The van der Waals surface area contributed by atoms with E-state index in [1.165, 1.54) is 22.8 Å². The first-order valence-corrected chi connectivity index (χ1v) is 14.4. The van der Waals surface area contributed by atoms with Crippen LogP contribution in [0.5, 0.6) is 5.75 Å². The molecule has 37 heavy (non-hydrogen) atoms. The van der Waals surface area contributed by atoms with E-state index in [-0.39, 0.29) is 31.3 Å². The number of carbonyl (C=O) groups excluding carboxylic acids is 1. The molecule has 194 valence electrons. The predicted molar refractivity (Wildman–Crippen MR) is 139 cm³/mol. The van der Waals surface area contributed by atoms with Gasteiger partial charge in [0.25, 0.3) is 0 Å². The number of ether oxygens (including phenoxy) is 2. The number of thiophene rings is 1. The van der Waals surface area contributed by atoms with Crippen LogP contribution < -0.4 is 10.2 Å². The van der Waals surface area contributed by atoms with Gasteiger partial charge < -0.3 is 14.0 Å². The molecule has 0 N–H and O–H groups in total. The molecule has 1 aliphatic heterocycles. The zero-order chi connectivity index (χ0) is 26.5. The Morgan fingerprint density at radius 3 is 2.70 bits per heavy atom. The van der Waals surface area contributed by atoms with E-state index in [2.05, 4.69) is 10.0 Å². The molecule has 0 amide bonds. The van der Waals surface area contributed by atoms with Gasteiger partial charge in [-0.3, -0.25) is 4.79 Å². The third-order valence-electron chi connectivity index (χ3n) is 6.58. The molecule has 5 rings (SSSR count). The Hall–Kier alpha value is -3.38. The zero-order valence-corrected chi connectivity index (χ0v) is 22.1. The Kier molecular flexibility index (Phi) is 6.48. The van der Waals surface area contributed by atoms with Gasteiger partial charge in [0.1, 0.15) is 5.56 Å². The Morgan fingerprint density at radius 1 is 1.32 bits per heavy atom. The summed E-state index contributed by atoms with van der Waals surface area (Å²) in [5.74, 6) is -0.173. The summed E-state index contributed by atoms with van der Waals surface area (Å²) in [6, 6.07) is 4.82. The number of esters is 1. The van der Waals surface area contributed by atoms with Gasteiger partial charge in [-0.15, -0.1) is 11.3 Å². The highest BCUT2D eigenvalue weighted by atomic mass is 32.2. The van der Waals surface area contributed by atoms with Gasteiger partial charge >= 0.3 is 5.97 Å². The number of aromatic nitrogens is 1. The quantitative estimate of drug-likeness (QED) is 0.187.